The van der Waals surface area contributed by atoms with Gasteiger partial charge in [0.2, 0.25) is 11.6 Å². The van der Waals surface area contributed by atoms with E-state index < -0.39 is 40.7 Å². The highest BCUT2D eigenvalue weighted by atomic mass is 19.2. The van der Waals surface area contributed by atoms with Gasteiger partial charge in [0.15, 0.2) is 17.4 Å². The van der Waals surface area contributed by atoms with E-state index in [-0.39, 0.29) is 0 Å². The molecule has 1 N–H and O–H groups in total. The minimum absolute atomic E-state index is 0.877. The van der Waals surface area contributed by atoms with Gasteiger partial charge in [-0.05, 0) is 6.92 Å². The van der Waals surface area contributed by atoms with Crippen LogP contribution >= 0.6 is 0 Å². The minimum atomic E-state index is -1.67. The van der Waals surface area contributed by atoms with Crippen molar-refractivity contribution in [2.75, 3.05) is 7.11 Å². The summed E-state index contributed by atoms with van der Waals surface area (Å²) < 4.78 is 57.2. The van der Waals surface area contributed by atoms with Crippen molar-refractivity contribution in [1.82, 2.24) is 0 Å². The highest BCUT2D eigenvalue weighted by Crippen LogP contribution is 2.29. The van der Waals surface area contributed by atoms with Crippen molar-refractivity contribution in [3.05, 3.63) is 28.8 Å². The Hall–Kier alpha value is -1.74. The molecule has 92 valence electrons. The monoisotopic (exact) mass is 248 g/mol. The van der Waals surface area contributed by atoms with Crippen LogP contribution in [0, 0.1) is 35.1 Å². The summed E-state index contributed by atoms with van der Waals surface area (Å²) in [7, 11) is 0.877. The first kappa shape index (κ1) is 13.3. The molecule has 0 aliphatic rings. The lowest BCUT2D eigenvalue weighted by molar-refractivity contribution is 0.253. The van der Waals surface area contributed by atoms with Crippen molar-refractivity contribution < 1.29 is 27.4 Å². The summed E-state index contributed by atoms with van der Waals surface area (Å²) in [5.41, 5.74) is -1.08. The summed E-state index contributed by atoms with van der Waals surface area (Å²) in [6, 6.07) is 0. The summed E-state index contributed by atoms with van der Waals surface area (Å²) >= 11 is 0. The first-order valence-electron chi connectivity index (χ1n) is 4.49. The fraction of sp³-hybridized carbons (Fsp3) is 0.273. The number of benzene rings is 1. The molecule has 6 heteroatoms. The van der Waals surface area contributed by atoms with Gasteiger partial charge in [0.1, 0.15) is 11.7 Å². The number of hydrogen-bond acceptors (Lipinski definition) is 2. The lowest BCUT2D eigenvalue weighted by Gasteiger charge is -2.07. The molecule has 1 aromatic rings. The van der Waals surface area contributed by atoms with Crippen LogP contribution in [0.3, 0.4) is 0 Å². The molecule has 0 aliphatic carbocycles. The number of aliphatic hydroxyl groups is 1. The number of aliphatic hydroxyl groups excluding tert-OH is 1. The van der Waals surface area contributed by atoms with E-state index >= 15 is 0 Å². The highest BCUT2D eigenvalue weighted by molar-refractivity contribution is 5.43. The molecule has 0 radical (unpaired) electrons. The third kappa shape index (κ3) is 2.50. The Morgan fingerprint density at radius 2 is 1.53 bits per heavy atom. The Kier molecular flexibility index (Phi) is 3.97. The molecule has 1 aromatic carbocycles. The summed E-state index contributed by atoms with van der Waals surface area (Å²) in [6.07, 6.45) is -1.18. The lowest BCUT2D eigenvalue weighted by Crippen LogP contribution is -2.04. The molecule has 0 saturated heterocycles. The zero-order chi connectivity index (χ0) is 13.2. The zero-order valence-corrected chi connectivity index (χ0v) is 8.94. The van der Waals surface area contributed by atoms with Gasteiger partial charge in [-0.15, -0.1) is 0 Å². The van der Waals surface area contributed by atoms with Gasteiger partial charge in [-0.25, -0.2) is 8.78 Å². The first-order valence-corrected chi connectivity index (χ1v) is 4.49. The predicted molar refractivity (Wildman–Crippen MR) is 51.4 cm³/mol. The molecule has 2 nitrogen and oxygen atoms in total. The molecule has 0 amide bonds. The van der Waals surface area contributed by atoms with Crippen molar-refractivity contribution in [3.63, 3.8) is 0 Å². The molecule has 0 fully saturated rings. The van der Waals surface area contributed by atoms with Gasteiger partial charge in [0.05, 0.1) is 7.11 Å². The van der Waals surface area contributed by atoms with Crippen LogP contribution in [-0.2, 0) is 0 Å². The maximum Gasteiger partial charge on any atom is 0.205 e. The summed E-state index contributed by atoms with van der Waals surface area (Å²) in [6.45, 7) is 1.24. The second-order valence-corrected chi connectivity index (χ2v) is 3.11. The smallest absolute Gasteiger partial charge is 0.205 e. The molecule has 0 heterocycles. The van der Waals surface area contributed by atoms with E-state index in [0.717, 1.165) is 7.11 Å². The van der Waals surface area contributed by atoms with Crippen LogP contribution in [0.25, 0.3) is 0 Å². The molecule has 1 atom stereocenters. The predicted octanol–water partition coefficient (Wildman–Crippen LogP) is 1.98. The van der Waals surface area contributed by atoms with Crippen LogP contribution in [0.1, 0.15) is 12.5 Å². The molecule has 17 heavy (non-hydrogen) atoms. The van der Waals surface area contributed by atoms with Gasteiger partial charge < -0.3 is 9.84 Å². The molecule has 0 aliphatic heterocycles. The maximum atomic E-state index is 13.3. The highest BCUT2D eigenvalue weighted by Gasteiger charge is 2.25. The molecule has 1 unspecified atom stereocenters. The first-order chi connectivity index (χ1) is 7.90. The van der Waals surface area contributed by atoms with Crippen LogP contribution < -0.4 is 4.74 Å². The number of hydrogen-bond donors (Lipinski definition) is 1. The Balaban J connectivity index is 3.50. The van der Waals surface area contributed by atoms with Crippen molar-refractivity contribution in [1.29, 1.82) is 0 Å². The summed E-state index contributed by atoms with van der Waals surface area (Å²) in [4.78, 5) is 0. The molecule has 0 spiro atoms. The molecule has 0 aromatic heterocycles. The Labute approximate surface area is 94.8 Å². The Morgan fingerprint density at radius 3 is 1.88 bits per heavy atom. The third-order valence-corrected chi connectivity index (χ3v) is 1.83. The van der Waals surface area contributed by atoms with E-state index in [2.05, 4.69) is 4.74 Å². The molecular weight excluding hydrogens is 240 g/mol. The van der Waals surface area contributed by atoms with Crippen LogP contribution in [0.4, 0.5) is 17.6 Å². The molecule has 1 rings (SSSR count). The van der Waals surface area contributed by atoms with Crippen LogP contribution in [0.2, 0.25) is 0 Å². The second kappa shape index (κ2) is 5.06. The summed E-state index contributed by atoms with van der Waals surface area (Å²) in [5, 5.41) is 8.80. The Morgan fingerprint density at radius 1 is 1.06 bits per heavy atom. The zero-order valence-electron chi connectivity index (χ0n) is 8.94. The SMILES string of the molecule is COc1c(F)c(F)c(C#CC(C)O)c(F)c1F. The van der Waals surface area contributed by atoms with E-state index in [1.54, 1.807) is 0 Å². The molecule has 0 bridgehead atoms. The van der Waals surface area contributed by atoms with Crippen molar-refractivity contribution >= 4 is 0 Å². The normalized spacial score (nSPS) is 11.7. The van der Waals surface area contributed by atoms with E-state index in [1.165, 1.54) is 6.92 Å². The number of methoxy groups -OCH3 is 1. The average Bonchev–Trinajstić information content (AvgIpc) is 2.27. The van der Waals surface area contributed by atoms with Gasteiger partial charge in [-0.3, -0.25) is 0 Å². The van der Waals surface area contributed by atoms with Crippen LogP contribution in [0.5, 0.6) is 5.75 Å². The van der Waals surface area contributed by atoms with Gasteiger partial charge in [0.25, 0.3) is 0 Å². The third-order valence-electron chi connectivity index (χ3n) is 1.83. The second-order valence-electron chi connectivity index (χ2n) is 3.11. The average molecular weight is 248 g/mol. The summed E-state index contributed by atoms with van der Waals surface area (Å²) in [5.74, 6) is -3.98. The van der Waals surface area contributed by atoms with Crippen molar-refractivity contribution in [2.24, 2.45) is 0 Å². The fourth-order valence-electron chi connectivity index (χ4n) is 1.08. The van der Waals surface area contributed by atoms with E-state index in [1.807, 2.05) is 11.8 Å². The Bertz CT molecular complexity index is 471. The standard InChI is InChI=1S/C11H8F4O2/c1-5(16)3-4-6-7(12)9(14)11(17-2)10(15)8(6)13/h5,16H,1-2H3. The number of ether oxygens (including phenoxy) is 1. The fourth-order valence-corrected chi connectivity index (χ4v) is 1.08. The van der Waals surface area contributed by atoms with Crippen molar-refractivity contribution in [3.8, 4) is 17.6 Å². The van der Waals surface area contributed by atoms with Gasteiger partial charge in [-0.2, -0.15) is 8.78 Å². The minimum Gasteiger partial charge on any atom is -0.491 e. The van der Waals surface area contributed by atoms with E-state index in [0.29, 0.717) is 0 Å². The lowest BCUT2D eigenvalue weighted by atomic mass is 10.1. The van der Waals surface area contributed by atoms with Crippen molar-refractivity contribution in [2.45, 2.75) is 13.0 Å². The van der Waals surface area contributed by atoms with Gasteiger partial charge in [-0.1, -0.05) is 11.8 Å². The van der Waals surface area contributed by atoms with Crippen LogP contribution in [0.15, 0.2) is 0 Å². The van der Waals surface area contributed by atoms with E-state index in [9.17, 15) is 17.6 Å². The number of rotatable bonds is 1. The van der Waals surface area contributed by atoms with Gasteiger partial charge in [0, 0.05) is 0 Å². The maximum absolute atomic E-state index is 13.3. The topological polar surface area (TPSA) is 29.5 Å². The quantitative estimate of drug-likeness (QED) is 0.468. The van der Waals surface area contributed by atoms with Gasteiger partial charge >= 0.3 is 0 Å². The van der Waals surface area contributed by atoms with Crippen LogP contribution in [-0.4, -0.2) is 18.3 Å². The molecular formula is C11H8F4O2. The largest absolute Gasteiger partial charge is 0.491 e. The van der Waals surface area contributed by atoms with E-state index in [4.69, 9.17) is 5.11 Å². The molecule has 0 saturated carbocycles. The number of halogens is 4.